The molecular formula is C19H26N2O4. The van der Waals surface area contributed by atoms with E-state index in [2.05, 4.69) is 10.6 Å². The van der Waals surface area contributed by atoms with Crippen molar-refractivity contribution in [2.24, 2.45) is 0 Å². The predicted molar refractivity (Wildman–Crippen MR) is 97.3 cm³/mol. The summed E-state index contributed by atoms with van der Waals surface area (Å²) in [5, 5.41) is 26.6. The summed E-state index contributed by atoms with van der Waals surface area (Å²) >= 11 is 0. The van der Waals surface area contributed by atoms with Gasteiger partial charge in [-0.1, -0.05) is 24.3 Å². The highest BCUT2D eigenvalue weighted by Gasteiger charge is 2.07. The molecule has 0 heterocycles. The van der Waals surface area contributed by atoms with Gasteiger partial charge in [-0.25, -0.2) is 0 Å². The summed E-state index contributed by atoms with van der Waals surface area (Å²) in [7, 11) is 3.08. The van der Waals surface area contributed by atoms with Crippen molar-refractivity contribution in [2.75, 3.05) is 27.3 Å². The van der Waals surface area contributed by atoms with E-state index in [1.54, 1.807) is 12.1 Å². The minimum atomic E-state index is 0.184. The van der Waals surface area contributed by atoms with Gasteiger partial charge in [0.2, 0.25) is 0 Å². The van der Waals surface area contributed by atoms with E-state index in [1.807, 2.05) is 24.3 Å². The molecule has 0 spiro atoms. The molecule has 0 bridgehead atoms. The molecule has 0 fully saturated rings. The number of hydrogen-bond donors (Lipinski definition) is 4. The first-order valence-electron chi connectivity index (χ1n) is 8.28. The Hall–Kier alpha value is -2.44. The molecule has 0 aliphatic heterocycles. The minimum Gasteiger partial charge on any atom is -0.504 e. The first-order valence-corrected chi connectivity index (χ1v) is 8.28. The van der Waals surface area contributed by atoms with Crippen LogP contribution in [-0.4, -0.2) is 37.5 Å². The fourth-order valence-electron chi connectivity index (χ4n) is 2.53. The summed E-state index contributed by atoms with van der Waals surface area (Å²) in [4.78, 5) is 0. The highest BCUT2D eigenvalue weighted by molar-refractivity contribution is 5.45. The number of ether oxygens (including phenoxy) is 2. The van der Waals surface area contributed by atoms with Gasteiger partial charge in [-0.15, -0.1) is 0 Å². The maximum absolute atomic E-state index is 10.0. The van der Waals surface area contributed by atoms with Gasteiger partial charge in [0.25, 0.3) is 0 Å². The van der Waals surface area contributed by atoms with Crippen molar-refractivity contribution in [3.63, 3.8) is 0 Å². The van der Waals surface area contributed by atoms with Crippen molar-refractivity contribution < 1.29 is 19.7 Å². The van der Waals surface area contributed by atoms with E-state index in [4.69, 9.17) is 9.47 Å². The lowest BCUT2D eigenvalue weighted by Crippen LogP contribution is -2.21. The zero-order chi connectivity index (χ0) is 18.1. The van der Waals surface area contributed by atoms with E-state index in [0.717, 1.165) is 30.6 Å². The summed E-state index contributed by atoms with van der Waals surface area (Å²) in [5.41, 5.74) is 1.63. The molecule has 0 unspecified atom stereocenters. The molecule has 0 aromatic heterocycles. The normalized spacial score (nSPS) is 10.6. The molecule has 0 atom stereocenters. The second kappa shape index (κ2) is 9.76. The van der Waals surface area contributed by atoms with Crippen LogP contribution in [0.15, 0.2) is 36.4 Å². The Bertz CT molecular complexity index is 619. The predicted octanol–water partition coefficient (Wildman–Crippen LogP) is 2.38. The van der Waals surface area contributed by atoms with Gasteiger partial charge in [-0.3, -0.25) is 0 Å². The van der Waals surface area contributed by atoms with Crippen molar-refractivity contribution in [1.29, 1.82) is 0 Å². The van der Waals surface area contributed by atoms with Gasteiger partial charge >= 0.3 is 0 Å². The third-order valence-electron chi connectivity index (χ3n) is 3.94. The van der Waals surface area contributed by atoms with E-state index < -0.39 is 0 Å². The highest BCUT2D eigenvalue weighted by atomic mass is 16.5. The van der Waals surface area contributed by atoms with Crippen molar-refractivity contribution in [3.05, 3.63) is 47.5 Å². The summed E-state index contributed by atoms with van der Waals surface area (Å²) in [6, 6.07) is 10.9. The average molecular weight is 346 g/mol. The molecule has 2 aromatic rings. The summed E-state index contributed by atoms with van der Waals surface area (Å²) < 4.78 is 10.2. The number of phenols is 2. The molecule has 0 saturated carbocycles. The second-order valence-corrected chi connectivity index (χ2v) is 5.64. The first kappa shape index (κ1) is 18.9. The molecule has 0 saturated heterocycles. The van der Waals surface area contributed by atoms with Crippen LogP contribution in [0.5, 0.6) is 23.0 Å². The van der Waals surface area contributed by atoms with Crippen molar-refractivity contribution in [3.8, 4) is 23.0 Å². The highest BCUT2D eigenvalue weighted by Crippen LogP contribution is 2.29. The molecule has 136 valence electrons. The summed E-state index contributed by atoms with van der Waals surface area (Å²) in [6.07, 6.45) is 0.926. The fourth-order valence-corrected chi connectivity index (χ4v) is 2.53. The zero-order valence-electron chi connectivity index (χ0n) is 14.7. The number of phenolic OH excluding ortho intramolecular Hbond substituents is 2. The van der Waals surface area contributed by atoms with Crippen LogP contribution in [0.25, 0.3) is 0 Å². The molecule has 2 rings (SSSR count). The Labute approximate surface area is 148 Å². The molecule has 2 aromatic carbocycles. The number of methoxy groups -OCH3 is 2. The third-order valence-corrected chi connectivity index (χ3v) is 3.94. The molecule has 0 aliphatic carbocycles. The number of benzene rings is 2. The van der Waals surface area contributed by atoms with Crippen LogP contribution in [0.2, 0.25) is 0 Å². The molecule has 0 amide bonds. The lowest BCUT2D eigenvalue weighted by Gasteiger charge is -2.11. The van der Waals surface area contributed by atoms with Crippen molar-refractivity contribution >= 4 is 0 Å². The zero-order valence-corrected chi connectivity index (χ0v) is 14.7. The standard InChI is InChI=1S/C19H26N2O4/c1-24-16-8-3-6-14(18(16)22)12-20-10-5-11-21-13-15-7-4-9-17(25-2)19(15)23/h3-4,6-9,20-23H,5,10-13H2,1-2H3. The quantitative estimate of drug-likeness (QED) is 0.495. The van der Waals surface area contributed by atoms with Gasteiger partial charge < -0.3 is 30.3 Å². The lowest BCUT2D eigenvalue weighted by atomic mass is 10.2. The Morgan fingerprint density at radius 3 is 1.60 bits per heavy atom. The van der Waals surface area contributed by atoms with E-state index >= 15 is 0 Å². The number of para-hydroxylation sites is 2. The molecule has 6 nitrogen and oxygen atoms in total. The molecule has 0 radical (unpaired) electrons. The monoisotopic (exact) mass is 346 g/mol. The topological polar surface area (TPSA) is 83.0 Å². The van der Waals surface area contributed by atoms with Gasteiger partial charge in [0.15, 0.2) is 23.0 Å². The van der Waals surface area contributed by atoms with Crippen LogP contribution in [0.3, 0.4) is 0 Å². The minimum absolute atomic E-state index is 0.184. The molecular weight excluding hydrogens is 320 g/mol. The van der Waals surface area contributed by atoms with Crippen LogP contribution in [0.4, 0.5) is 0 Å². The van der Waals surface area contributed by atoms with Crippen LogP contribution in [-0.2, 0) is 13.1 Å². The number of aromatic hydroxyl groups is 2. The number of rotatable bonds is 10. The molecule has 6 heteroatoms. The first-order chi connectivity index (χ1) is 12.2. The second-order valence-electron chi connectivity index (χ2n) is 5.64. The van der Waals surface area contributed by atoms with Gasteiger partial charge in [0.05, 0.1) is 14.2 Å². The van der Waals surface area contributed by atoms with Crippen molar-refractivity contribution in [1.82, 2.24) is 10.6 Å². The SMILES string of the molecule is COc1cccc(CNCCCNCc2cccc(OC)c2O)c1O. The van der Waals surface area contributed by atoms with Gasteiger partial charge in [-0.2, -0.15) is 0 Å². The smallest absolute Gasteiger partial charge is 0.162 e. The molecule has 4 N–H and O–H groups in total. The maximum atomic E-state index is 10.0. The molecule has 0 aliphatic rings. The number of nitrogens with one attached hydrogen (secondary N) is 2. The van der Waals surface area contributed by atoms with E-state index in [0.29, 0.717) is 24.6 Å². The van der Waals surface area contributed by atoms with Crippen LogP contribution in [0.1, 0.15) is 17.5 Å². The Morgan fingerprint density at radius 2 is 1.20 bits per heavy atom. The van der Waals surface area contributed by atoms with Crippen molar-refractivity contribution in [2.45, 2.75) is 19.5 Å². The Balaban J connectivity index is 1.66. The number of hydrogen-bond acceptors (Lipinski definition) is 6. The molecule has 25 heavy (non-hydrogen) atoms. The van der Waals surface area contributed by atoms with E-state index in [1.165, 1.54) is 14.2 Å². The van der Waals surface area contributed by atoms with Crippen LogP contribution in [0, 0.1) is 0 Å². The maximum Gasteiger partial charge on any atom is 0.162 e. The summed E-state index contributed by atoms with van der Waals surface area (Å²) in [5.74, 6) is 1.34. The fraction of sp³-hybridized carbons (Fsp3) is 0.368. The lowest BCUT2D eigenvalue weighted by molar-refractivity contribution is 0.369. The average Bonchev–Trinajstić information content (AvgIpc) is 2.63. The van der Waals surface area contributed by atoms with Crippen LogP contribution < -0.4 is 20.1 Å². The van der Waals surface area contributed by atoms with E-state index in [-0.39, 0.29) is 11.5 Å². The largest absolute Gasteiger partial charge is 0.504 e. The summed E-state index contributed by atoms with van der Waals surface area (Å²) in [6.45, 7) is 2.79. The Morgan fingerprint density at radius 1 is 0.760 bits per heavy atom. The van der Waals surface area contributed by atoms with Gasteiger partial charge in [0.1, 0.15) is 0 Å². The van der Waals surface area contributed by atoms with Crippen LogP contribution >= 0.6 is 0 Å². The Kier molecular flexibility index (Phi) is 7.37. The third kappa shape index (κ3) is 5.27. The van der Waals surface area contributed by atoms with Gasteiger partial charge in [-0.05, 0) is 31.6 Å². The van der Waals surface area contributed by atoms with Gasteiger partial charge in [0, 0.05) is 24.2 Å². The van der Waals surface area contributed by atoms with E-state index in [9.17, 15) is 10.2 Å².